The Balaban J connectivity index is 2.25. The number of carbonyl (C=O) groups excluding carboxylic acids is 1. The number of aryl methyl sites for hydroxylation is 1. The van der Waals surface area contributed by atoms with Gasteiger partial charge in [0.1, 0.15) is 5.60 Å². The maximum atomic E-state index is 12.2. The minimum absolute atomic E-state index is 0.162. The number of carboxylic acids is 1. The van der Waals surface area contributed by atoms with Gasteiger partial charge in [-0.15, -0.1) is 0 Å². The number of rotatable bonds is 2. The highest BCUT2D eigenvalue weighted by atomic mass is 79.9. The van der Waals surface area contributed by atoms with Crippen molar-refractivity contribution in [3.05, 3.63) is 33.8 Å². The minimum Gasteiger partial charge on any atom is -0.481 e. The summed E-state index contributed by atoms with van der Waals surface area (Å²) in [5.41, 5.74) is 1.40. The van der Waals surface area contributed by atoms with Gasteiger partial charge in [-0.25, -0.2) is 4.79 Å². The van der Waals surface area contributed by atoms with E-state index in [2.05, 4.69) is 15.9 Å². The predicted octanol–water partition coefficient (Wildman–Crippen LogP) is 3.79. The summed E-state index contributed by atoms with van der Waals surface area (Å²) in [4.78, 5) is 25.4. The summed E-state index contributed by atoms with van der Waals surface area (Å²) in [5.74, 6) is -1.79. The van der Waals surface area contributed by atoms with E-state index >= 15 is 0 Å². The Hall–Kier alpha value is -1.56. The van der Waals surface area contributed by atoms with E-state index in [1.807, 2.05) is 25.1 Å². The van der Waals surface area contributed by atoms with Gasteiger partial charge in [-0.2, -0.15) is 0 Å². The van der Waals surface area contributed by atoms with Crippen LogP contribution in [-0.4, -0.2) is 40.8 Å². The molecular weight excluding hydrogens is 362 g/mol. The van der Waals surface area contributed by atoms with Gasteiger partial charge in [0, 0.05) is 23.5 Å². The summed E-state index contributed by atoms with van der Waals surface area (Å²) >= 11 is 3.51. The van der Waals surface area contributed by atoms with Crippen molar-refractivity contribution in [3.63, 3.8) is 0 Å². The van der Waals surface area contributed by atoms with Gasteiger partial charge in [-0.05, 0) is 44.9 Å². The molecule has 0 saturated carbocycles. The lowest BCUT2D eigenvalue weighted by Crippen LogP contribution is -2.35. The first kappa shape index (κ1) is 17.8. The summed E-state index contributed by atoms with van der Waals surface area (Å²) in [6.45, 7) is 7.87. The molecule has 2 unspecified atom stereocenters. The molecule has 5 nitrogen and oxygen atoms in total. The Labute approximate surface area is 144 Å². The van der Waals surface area contributed by atoms with Crippen molar-refractivity contribution in [1.29, 1.82) is 0 Å². The number of hydrogen-bond donors (Lipinski definition) is 1. The number of aliphatic carboxylic acids is 1. The summed E-state index contributed by atoms with van der Waals surface area (Å²) in [7, 11) is 0. The fourth-order valence-corrected chi connectivity index (χ4v) is 3.56. The second-order valence-electron chi connectivity index (χ2n) is 6.96. The highest BCUT2D eigenvalue weighted by Gasteiger charge is 2.42. The Morgan fingerprint density at radius 1 is 1.30 bits per heavy atom. The zero-order chi connectivity index (χ0) is 17.4. The summed E-state index contributed by atoms with van der Waals surface area (Å²) in [6, 6.07) is 5.85. The predicted molar refractivity (Wildman–Crippen MR) is 90.6 cm³/mol. The van der Waals surface area contributed by atoms with E-state index in [-0.39, 0.29) is 12.5 Å². The van der Waals surface area contributed by atoms with Crippen molar-refractivity contribution in [1.82, 2.24) is 4.90 Å². The first-order valence-electron chi connectivity index (χ1n) is 7.55. The number of nitrogens with zero attached hydrogens (tertiary/aromatic N) is 1. The zero-order valence-electron chi connectivity index (χ0n) is 13.8. The van der Waals surface area contributed by atoms with E-state index in [0.29, 0.717) is 6.54 Å². The molecule has 2 rings (SSSR count). The van der Waals surface area contributed by atoms with Gasteiger partial charge >= 0.3 is 12.1 Å². The topological polar surface area (TPSA) is 66.8 Å². The molecule has 1 fully saturated rings. The van der Waals surface area contributed by atoms with Gasteiger partial charge in [0.05, 0.1) is 5.92 Å². The SMILES string of the molecule is Cc1ccc(C2CN(C(=O)OC(C)(C)C)CC2C(=O)O)c(Br)c1. The van der Waals surface area contributed by atoms with Crippen molar-refractivity contribution in [2.75, 3.05) is 13.1 Å². The van der Waals surface area contributed by atoms with E-state index in [0.717, 1.165) is 15.6 Å². The first-order chi connectivity index (χ1) is 10.6. The third-order valence-corrected chi connectivity index (χ3v) is 4.53. The molecular formula is C17H22BrNO4. The van der Waals surface area contributed by atoms with E-state index in [1.54, 1.807) is 20.8 Å². The number of carboxylic acid groups (broad SMARTS) is 1. The van der Waals surface area contributed by atoms with Gasteiger partial charge < -0.3 is 14.7 Å². The van der Waals surface area contributed by atoms with Gasteiger partial charge in [0.25, 0.3) is 0 Å². The molecule has 1 aromatic carbocycles. The molecule has 6 heteroatoms. The van der Waals surface area contributed by atoms with E-state index < -0.39 is 23.6 Å². The number of ether oxygens (including phenoxy) is 1. The molecule has 1 saturated heterocycles. The van der Waals surface area contributed by atoms with Crippen LogP contribution in [0.15, 0.2) is 22.7 Å². The lowest BCUT2D eigenvalue weighted by Gasteiger charge is -2.24. The zero-order valence-corrected chi connectivity index (χ0v) is 15.4. The molecule has 1 aliphatic rings. The van der Waals surface area contributed by atoms with Crippen LogP contribution in [0.1, 0.15) is 37.8 Å². The number of carbonyl (C=O) groups is 2. The molecule has 1 aliphatic heterocycles. The van der Waals surface area contributed by atoms with Crippen LogP contribution in [0.5, 0.6) is 0 Å². The molecule has 126 valence electrons. The average molecular weight is 384 g/mol. The number of halogens is 1. The maximum Gasteiger partial charge on any atom is 0.410 e. The Kier molecular flexibility index (Phi) is 5.04. The number of amides is 1. The largest absolute Gasteiger partial charge is 0.481 e. The van der Waals surface area contributed by atoms with Crippen LogP contribution in [0.3, 0.4) is 0 Å². The molecule has 0 aromatic heterocycles. The van der Waals surface area contributed by atoms with Crippen LogP contribution in [0.25, 0.3) is 0 Å². The van der Waals surface area contributed by atoms with Crippen molar-refractivity contribution >= 4 is 28.0 Å². The second-order valence-corrected chi connectivity index (χ2v) is 7.82. The first-order valence-corrected chi connectivity index (χ1v) is 8.34. The Bertz CT molecular complexity index is 624. The van der Waals surface area contributed by atoms with Crippen LogP contribution in [0.4, 0.5) is 4.79 Å². The Morgan fingerprint density at radius 2 is 1.96 bits per heavy atom. The average Bonchev–Trinajstić information content (AvgIpc) is 2.81. The van der Waals surface area contributed by atoms with Crippen LogP contribution in [-0.2, 0) is 9.53 Å². The van der Waals surface area contributed by atoms with Crippen molar-refractivity contribution in [3.8, 4) is 0 Å². The Morgan fingerprint density at radius 3 is 2.48 bits per heavy atom. The number of benzene rings is 1. The molecule has 23 heavy (non-hydrogen) atoms. The van der Waals surface area contributed by atoms with E-state index in [1.165, 1.54) is 4.90 Å². The molecule has 0 aliphatic carbocycles. The van der Waals surface area contributed by atoms with Gasteiger partial charge in [0.2, 0.25) is 0 Å². The van der Waals surface area contributed by atoms with Gasteiger partial charge in [-0.1, -0.05) is 28.1 Å². The lowest BCUT2D eigenvalue weighted by molar-refractivity contribution is -0.141. The quantitative estimate of drug-likeness (QED) is 0.843. The van der Waals surface area contributed by atoms with Crippen LogP contribution in [0, 0.1) is 12.8 Å². The molecule has 0 radical (unpaired) electrons. The molecule has 1 amide bonds. The normalized spacial score (nSPS) is 21.3. The maximum absolute atomic E-state index is 12.2. The van der Waals surface area contributed by atoms with E-state index in [9.17, 15) is 14.7 Å². The molecule has 1 heterocycles. The fraction of sp³-hybridized carbons (Fsp3) is 0.529. The third-order valence-electron chi connectivity index (χ3n) is 3.84. The standard InChI is InChI=1S/C17H22BrNO4/c1-10-5-6-11(14(18)7-10)12-8-19(9-13(12)15(20)21)16(22)23-17(2,3)4/h5-7,12-13H,8-9H2,1-4H3,(H,20,21). The highest BCUT2D eigenvalue weighted by Crippen LogP contribution is 2.37. The second kappa shape index (κ2) is 6.51. The van der Waals surface area contributed by atoms with Crippen molar-refractivity contribution < 1.29 is 19.4 Å². The molecule has 1 aromatic rings. The molecule has 0 spiro atoms. The van der Waals surface area contributed by atoms with Crippen molar-refractivity contribution in [2.24, 2.45) is 5.92 Å². The van der Waals surface area contributed by atoms with Crippen LogP contribution < -0.4 is 0 Å². The monoisotopic (exact) mass is 383 g/mol. The van der Waals surface area contributed by atoms with E-state index in [4.69, 9.17) is 4.74 Å². The third kappa shape index (κ3) is 4.25. The number of likely N-dealkylation sites (tertiary alicyclic amines) is 1. The summed E-state index contributed by atoms with van der Waals surface area (Å²) < 4.78 is 6.24. The summed E-state index contributed by atoms with van der Waals surface area (Å²) in [5, 5.41) is 9.53. The minimum atomic E-state index is -0.895. The smallest absolute Gasteiger partial charge is 0.410 e. The van der Waals surface area contributed by atoms with Crippen LogP contribution in [0.2, 0.25) is 0 Å². The number of hydrogen-bond acceptors (Lipinski definition) is 3. The lowest BCUT2D eigenvalue weighted by atomic mass is 9.88. The molecule has 1 N–H and O–H groups in total. The molecule has 0 bridgehead atoms. The van der Waals surface area contributed by atoms with Crippen molar-refractivity contribution in [2.45, 2.75) is 39.2 Å². The summed E-state index contributed by atoms with van der Waals surface area (Å²) in [6.07, 6.45) is -0.463. The molecule has 2 atom stereocenters. The van der Waals surface area contributed by atoms with Gasteiger partial charge in [-0.3, -0.25) is 4.79 Å². The fourth-order valence-electron chi connectivity index (χ4n) is 2.78. The van der Waals surface area contributed by atoms with Gasteiger partial charge in [0.15, 0.2) is 0 Å². The highest BCUT2D eigenvalue weighted by molar-refractivity contribution is 9.10. The van der Waals surface area contributed by atoms with Crippen LogP contribution >= 0.6 is 15.9 Å².